The zero-order chi connectivity index (χ0) is 13.4. The summed E-state index contributed by atoms with van der Waals surface area (Å²) in [5.74, 6) is -2.17. The van der Waals surface area contributed by atoms with Gasteiger partial charge in [-0.05, 0) is 19.1 Å². The quantitative estimate of drug-likeness (QED) is 0.496. The normalized spacial score (nSPS) is 11.3. The van der Waals surface area contributed by atoms with Gasteiger partial charge in [-0.1, -0.05) is 0 Å². The van der Waals surface area contributed by atoms with Crippen LogP contribution in [0.15, 0.2) is 12.1 Å². The first-order valence-electron chi connectivity index (χ1n) is 4.24. The lowest BCUT2D eigenvalue weighted by Crippen LogP contribution is -2.12. The third-order valence-corrected chi connectivity index (χ3v) is 2.00. The van der Waals surface area contributed by atoms with Crippen LogP contribution in [-0.2, 0) is 6.18 Å². The van der Waals surface area contributed by atoms with Gasteiger partial charge in [0.25, 0.3) is 5.69 Å². The van der Waals surface area contributed by atoms with E-state index in [-0.39, 0.29) is 0 Å². The average molecular weight is 249 g/mol. The Labute approximate surface area is 92.6 Å². The topological polar surface area (TPSA) is 80.4 Å². The molecule has 0 spiro atoms. The highest BCUT2D eigenvalue weighted by atomic mass is 19.4. The highest BCUT2D eigenvalue weighted by Crippen LogP contribution is 2.43. The molecule has 0 amide bonds. The summed E-state index contributed by atoms with van der Waals surface area (Å²) in [5, 5.41) is 19.6. The van der Waals surface area contributed by atoms with E-state index in [1.807, 2.05) is 0 Å². The van der Waals surface area contributed by atoms with Crippen molar-refractivity contribution < 1.29 is 28.0 Å². The molecule has 0 heterocycles. The number of rotatable bonds is 2. The van der Waals surface area contributed by atoms with Crippen molar-refractivity contribution in [2.75, 3.05) is 0 Å². The van der Waals surface area contributed by atoms with E-state index < -0.39 is 39.4 Å². The first-order valence-corrected chi connectivity index (χ1v) is 4.24. The summed E-state index contributed by atoms with van der Waals surface area (Å²) in [7, 11) is 0. The largest absolute Gasteiger partial charge is 0.507 e. The minimum Gasteiger partial charge on any atom is -0.507 e. The van der Waals surface area contributed by atoms with Crippen LogP contribution in [0.5, 0.6) is 5.75 Å². The average Bonchev–Trinajstić information content (AvgIpc) is 2.14. The highest BCUT2D eigenvalue weighted by molar-refractivity contribution is 5.99. The van der Waals surface area contributed by atoms with E-state index in [1.54, 1.807) is 0 Å². The number of nitro benzene ring substituents is 1. The number of nitrogens with zero attached hydrogens (tertiary/aromatic N) is 1. The molecule has 0 saturated carbocycles. The van der Waals surface area contributed by atoms with Crippen LogP contribution >= 0.6 is 0 Å². The van der Waals surface area contributed by atoms with Crippen LogP contribution < -0.4 is 0 Å². The van der Waals surface area contributed by atoms with Crippen molar-refractivity contribution in [2.45, 2.75) is 13.1 Å². The predicted octanol–water partition coefficient (Wildman–Crippen LogP) is 2.52. The number of phenolic OH excluding ortho intramolecular Hbond substituents is 1. The number of hydrogen-bond donors (Lipinski definition) is 1. The van der Waals surface area contributed by atoms with Crippen LogP contribution in [-0.4, -0.2) is 15.8 Å². The number of benzene rings is 1. The number of phenols is 1. The van der Waals surface area contributed by atoms with Crippen molar-refractivity contribution in [1.82, 2.24) is 0 Å². The van der Waals surface area contributed by atoms with Gasteiger partial charge in [-0.3, -0.25) is 14.9 Å². The number of Topliss-reactive ketones (excluding diaryl/α,β-unsaturated/α-hetero) is 1. The molecule has 0 aliphatic rings. The fourth-order valence-electron chi connectivity index (χ4n) is 1.33. The molecule has 0 saturated heterocycles. The molecule has 8 heteroatoms. The van der Waals surface area contributed by atoms with Gasteiger partial charge in [-0.15, -0.1) is 0 Å². The maximum Gasteiger partial charge on any atom is 0.426 e. The van der Waals surface area contributed by atoms with Crippen molar-refractivity contribution in [2.24, 2.45) is 0 Å². The highest BCUT2D eigenvalue weighted by Gasteiger charge is 2.43. The summed E-state index contributed by atoms with van der Waals surface area (Å²) in [6.07, 6.45) is -5.11. The first kappa shape index (κ1) is 12.9. The van der Waals surface area contributed by atoms with Crippen molar-refractivity contribution in [3.63, 3.8) is 0 Å². The van der Waals surface area contributed by atoms with Crippen LogP contribution in [0, 0.1) is 10.1 Å². The van der Waals surface area contributed by atoms with Gasteiger partial charge in [0.2, 0.25) is 0 Å². The van der Waals surface area contributed by atoms with E-state index in [4.69, 9.17) is 5.11 Å². The van der Waals surface area contributed by atoms with Crippen LogP contribution in [0.2, 0.25) is 0 Å². The number of hydrogen-bond acceptors (Lipinski definition) is 4. The second-order valence-corrected chi connectivity index (χ2v) is 3.17. The first-order chi connectivity index (χ1) is 7.66. The molecule has 0 bridgehead atoms. The van der Waals surface area contributed by atoms with Gasteiger partial charge in [-0.25, -0.2) is 0 Å². The zero-order valence-electron chi connectivity index (χ0n) is 8.41. The van der Waals surface area contributed by atoms with E-state index >= 15 is 0 Å². The van der Waals surface area contributed by atoms with Crippen molar-refractivity contribution in [3.8, 4) is 5.75 Å². The van der Waals surface area contributed by atoms with Crippen LogP contribution in [0.25, 0.3) is 0 Å². The molecule has 92 valence electrons. The monoisotopic (exact) mass is 249 g/mol. The lowest BCUT2D eigenvalue weighted by atomic mass is 10.0. The molecule has 0 radical (unpaired) electrons. The smallest absolute Gasteiger partial charge is 0.426 e. The summed E-state index contributed by atoms with van der Waals surface area (Å²) < 4.78 is 37.6. The van der Waals surface area contributed by atoms with E-state index in [0.717, 1.165) is 13.0 Å². The number of carbonyl (C=O) groups is 1. The van der Waals surface area contributed by atoms with Gasteiger partial charge >= 0.3 is 6.18 Å². The minimum absolute atomic E-state index is 0.604. The maximum absolute atomic E-state index is 12.5. The van der Waals surface area contributed by atoms with Crippen LogP contribution in [0.1, 0.15) is 22.8 Å². The lowest BCUT2D eigenvalue weighted by Gasteiger charge is -2.11. The van der Waals surface area contributed by atoms with Crippen LogP contribution in [0.4, 0.5) is 18.9 Å². The zero-order valence-corrected chi connectivity index (χ0v) is 8.41. The van der Waals surface area contributed by atoms with E-state index in [9.17, 15) is 28.1 Å². The van der Waals surface area contributed by atoms with E-state index in [2.05, 4.69) is 0 Å². The molecule has 1 aromatic rings. The summed E-state index contributed by atoms with van der Waals surface area (Å²) in [5.41, 5.74) is -3.93. The molecule has 17 heavy (non-hydrogen) atoms. The Hall–Kier alpha value is -2.12. The van der Waals surface area contributed by atoms with E-state index in [1.165, 1.54) is 0 Å². The van der Waals surface area contributed by atoms with Gasteiger partial charge < -0.3 is 5.11 Å². The van der Waals surface area contributed by atoms with Gasteiger partial charge in [0.05, 0.1) is 10.5 Å². The predicted molar refractivity (Wildman–Crippen MR) is 49.8 cm³/mol. The molecule has 1 rings (SSSR count). The SMILES string of the molecule is CC(=O)c1ccc(O)c(C(F)(F)F)c1[N+](=O)[O-]. The Morgan fingerprint density at radius 2 is 1.94 bits per heavy atom. The standard InChI is InChI=1S/C9H6F3NO4/c1-4(14)5-2-3-6(15)7(9(10,11)12)8(5)13(16)17/h2-3,15H,1H3. The Bertz CT molecular complexity index is 496. The Balaban J connectivity index is 3.73. The molecule has 1 N–H and O–H groups in total. The van der Waals surface area contributed by atoms with Crippen molar-refractivity contribution in [3.05, 3.63) is 33.4 Å². The number of nitro groups is 1. The summed E-state index contributed by atoms with van der Waals surface area (Å²) >= 11 is 0. The van der Waals surface area contributed by atoms with Gasteiger partial charge in [0.1, 0.15) is 5.75 Å². The Morgan fingerprint density at radius 1 is 1.41 bits per heavy atom. The molecule has 0 aromatic heterocycles. The molecule has 0 atom stereocenters. The van der Waals surface area contributed by atoms with Crippen molar-refractivity contribution >= 4 is 11.5 Å². The molecular formula is C9H6F3NO4. The summed E-state index contributed by atoms with van der Waals surface area (Å²) in [4.78, 5) is 20.3. The van der Waals surface area contributed by atoms with E-state index in [0.29, 0.717) is 6.07 Å². The maximum atomic E-state index is 12.5. The summed E-state index contributed by atoms with van der Waals surface area (Å²) in [6, 6.07) is 1.39. The second-order valence-electron chi connectivity index (χ2n) is 3.17. The molecule has 1 aromatic carbocycles. The van der Waals surface area contributed by atoms with Gasteiger partial charge in [-0.2, -0.15) is 13.2 Å². The number of halogens is 3. The Kier molecular flexibility index (Phi) is 3.08. The number of ketones is 1. The second kappa shape index (κ2) is 4.04. The number of carbonyl (C=O) groups excluding carboxylic acids is 1. The van der Waals surface area contributed by atoms with Crippen molar-refractivity contribution in [1.29, 1.82) is 0 Å². The Morgan fingerprint density at radius 3 is 2.29 bits per heavy atom. The fraction of sp³-hybridized carbons (Fsp3) is 0.222. The molecule has 0 aliphatic carbocycles. The molecule has 5 nitrogen and oxygen atoms in total. The molecule has 0 fully saturated rings. The van der Waals surface area contributed by atoms with Gasteiger partial charge in [0.15, 0.2) is 11.3 Å². The van der Waals surface area contributed by atoms with Gasteiger partial charge in [0, 0.05) is 0 Å². The summed E-state index contributed by atoms with van der Waals surface area (Å²) in [6.45, 7) is 0.902. The third-order valence-electron chi connectivity index (χ3n) is 2.00. The molecule has 0 unspecified atom stereocenters. The molecular weight excluding hydrogens is 243 g/mol. The molecule has 0 aliphatic heterocycles. The lowest BCUT2D eigenvalue weighted by molar-refractivity contribution is -0.388. The number of alkyl halides is 3. The van der Waals surface area contributed by atoms with Crippen LogP contribution in [0.3, 0.4) is 0 Å². The fourth-order valence-corrected chi connectivity index (χ4v) is 1.33. The minimum atomic E-state index is -5.11. The third kappa shape index (κ3) is 2.35. The number of aromatic hydroxyl groups is 1.